The third-order valence-corrected chi connectivity index (χ3v) is 3.20. The Morgan fingerprint density at radius 2 is 2.00 bits per heavy atom. The summed E-state index contributed by atoms with van der Waals surface area (Å²) in [6.45, 7) is -0.0602. The molecule has 2 aromatic rings. The Morgan fingerprint density at radius 1 is 1.25 bits per heavy atom. The van der Waals surface area contributed by atoms with Gasteiger partial charge in [-0.3, -0.25) is 4.79 Å². The number of alkyl halides is 3. The van der Waals surface area contributed by atoms with Crippen LogP contribution < -0.4 is 10.6 Å². The maximum atomic E-state index is 12.7. The van der Waals surface area contributed by atoms with E-state index in [0.29, 0.717) is 0 Å². The lowest BCUT2D eigenvalue weighted by atomic mass is 10.1. The van der Waals surface area contributed by atoms with E-state index in [1.54, 1.807) is 0 Å². The standard InChI is InChI=1S/C15H15F3N4O2/c1-19-14(24)11-5-6-13(22-21-11)20-8-12(23)9-3-2-4-10(7-9)15(16,17)18/h2-7,12,23H,8H2,1H3,(H,19,24)(H,20,22). The van der Waals surface area contributed by atoms with Gasteiger partial charge in [-0.25, -0.2) is 0 Å². The molecule has 1 amide bonds. The molecule has 128 valence electrons. The lowest BCUT2D eigenvalue weighted by Gasteiger charge is -2.14. The van der Waals surface area contributed by atoms with Crippen molar-refractivity contribution in [1.82, 2.24) is 15.5 Å². The smallest absolute Gasteiger partial charge is 0.387 e. The zero-order chi connectivity index (χ0) is 17.7. The van der Waals surface area contributed by atoms with Crippen LogP contribution in [0.15, 0.2) is 36.4 Å². The Bertz CT molecular complexity index is 705. The number of halogens is 3. The van der Waals surface area contributed by atoms with Gasteiger partial charge in [-0.2, -0.15) is 13.2 Å². The first kappa shape index (κ1) is 17.7. The first-order valence-electron chi connectivity index (χ1n) is 6.96. The van der Waals surface area contributed by atoms with E-state index < -0.39 is 23.8 Å². The highest BCUT2D eigenvalue weighted by Gasteiger charge is 2.30. The van der Waals surface area contributed by atoms with E-state index in [9.17, 15) is 23.1 Å². The van der Waals surface area contributed by atoms with E-state index in [2.05, 4.69) is 20.8 Å². The van der Waals surface area contributed by atoms with Crippen molar-refractivity contribution < 1.29 is 23.1 Å². The summed E-state index contributed by atoms with van der Waals surface area (Å²) in [6, 6.07) is 7.39. The Kier molecular flexibility index (Phi) is 5.35. The summed E-state index contributed by atoms with van der Waals surface area (Å²) in [7, 11) is 1.46. The monoisotopic (exact) mass is 340 g/mol. The fourth-order valence-corrected chi connectivity index (χ4v) is 1.92. The summed E-state index contributed by atoms with van der Waals surface area (Å²) in [5.74, 6) is -0.105. The average molecular weight is 340 g/mol. The molecule has 1 aromatic carbocycles. The van der Waals surface area contributed by atoms with Crippen molar-refractivity contribution in [3.05, 3.63) is 53.2 Å². The Hall–Kier alpha value is -2.68. The van der Waals surface area contributed by atoms with Crippen molar-refractivity contribution in [1.29, 1.82) is 0 Å². The van der Waals surface area contributed by atoms with Gasteiger partial charge in [-0.05, 0) is 29.8 Å². The molecule has 9 heteroatoms. The Morgan fingerprint density at radius 3 is 2.58 bits per heavy atom. The van der Waals surface area contributed by atoms with Crippen LogP contribution in [0.5, 0.6) is 0 Å². The third kappa shape index (κ3) is 4.42. The number of benzene rings is 1. The maximum Gasteiger partial charge on any atom is 0.416 e. The molecule has 0 aliphatic rings. The molecule has 24 heavy (non-hydrogen) atoms. The minimum atomic E-state index is -4.47. The average Bonchev–Trinajstić information content (AvgIpc) is 2.58. The van der Waals surface area contributed by atoms with Gasteiger partial charge in [0.05, 0.1) is 11.7 Å². The van der Waals surface area contributed by atoms with Crippen molar-refractivity contribution >= 4 is 11.7 Å². The van der Waals surface area contributed by atoms with Crippen molar-refractivity contribution in [2.24, 2.45) is 0 Å². The number of hydrogen-bond acceptors (Lipinski definition) is 5. The number of aromatic nitrogens is 2. The molecule has 2 rings (SSSR count). The van der Waals surface area contributed by atoms with Gasteiger partial charge in [-0.15, -0.1) is 10.2 Å². The van der Waals surface area contributed by atoms with Crippen LogP contribution in [0.3, 0.4) is 0 Å². The lowest BCUT2D eigenvalue weighted by molar-refractivity contribution is -0.137. The normalized spacial score (nSPS) is 12.5. The number of amides is 1. The molecule has 1 unspecified atom stereocenters. The minimum absolute atomic E-state index is 0.0602. The topological polar surface area (TPSA) is 87.1 Å². The molecule has 0 spiro atoms. The van der Waals surface area contributed by atoms with E-state index in [1.807, 2.05) is 0 Å². The van der Waals surface area contributed by atoms with Crippen LogP contribution >= 0.6 is 0 Å². The number of carbonyl (C=O) groups excluding carboxylic acids is 1. The molecule has 0 radical (unpaired) electrons. The van der Waals surface area contributed by atoms with Crippen molar-refractivity contribution in [3.8, 4) is 0 Å². The predicted molar refractivity (Wildman–Crippen MR) is 80.3 cm³/mol. The quantitative estimate of drug-likeness (QED) is 0.775. The second-order valence-corrected chi connectivity index (χ2v) is 4.90. The van der Waals surface area contributed by atoms with Crippen LogP contribution in [0.2, 0.25) is 0 Å². The largest absolute Gasteiger partial charge is 0.416 e. The van der Waals surface area contributed by atoms with E-state index in [0.717, 1.165) is 12.1 Å². The third-order valence-electron chi connectivity index (χ3n) is 3.20. The van der Waals surface area contributed by atoms with Crippen LogP contribution in [0.4, 0.5) is 19.0 Å². The number of hydrogen-bond donors (Lipinski definition) is 3. The predicted octanol–water partition coefficient (Wildman–Crippen LogP) is 2.00. The van der Waals surface area contributed by atoms with Crippen molar-refractivity contribution in [2.75, 3.05) is 18.9 Å². The molecule has 0 saturated heterocycles. The lowest BCUT2D eigenvalue weighted by Crippen LogP contribution is -2.20. The zero-order valence-corrected chi connectivity index (χ0v) is 12.6. The highest BCUT2D eigenvalue weighted by molar-refractivity contribution is 5.91. The molecule has 0 saturated carbocycles. The van der Waals surface area contributed by atoms with Gasteiger partial charge in [0.2, 0.25) is 0 Å². The highest BCUT2D eigenvalue weighted by atomic mass is 19.4. The number of nitrogens with zero attached hydrogens (tertiary/aromatic N) is 2. The van der Waals surface area contributed by atoms with Gasteiger partial charge in [0.1, 0.15) is 5.82 Å². The van der Waals surface area contributed by atoms with Crippen LogP contribution in [-0.2, 0) is 6.18 Å². The number of aliphatic hydroxyl groups is 1. The molecule has 6 nitrogen and oxygen atoms in total. The summed E-state index contributed by atoms with van der Waals surface area (Å²) in [5.41, 5.74) is -0.567. The molecule has 0 aliphatic carbocycles. The van der Waals surface area contributed by atoms with Crippen LogP contribution in [0.1, 0.15) is 27.7 Å². The molecule has 0 bridgehead atoms. The summed E-state index contributed by atoms with van der Waals surface area (Å²) in [6.07, 6.45) is -5.63. The number of aliphatic hydroxyl groups excluding tert-OH is 1. The molecule has 1 aromatic heterocycles. The van der Waals surface area contributed by atoms with E-state index in [4.69, 9.17) is 0 Å². The van der Waals surface area contributed by atoms with Crippen molar-refractivity contribution in [2.45, 2.75) is 12.3 Å². The second-order valence-electron chi connectivity index (χ2n) is 4.90. The fourth-order valence-electron chi connectivity index (χ4n) is 1.92. The molecule has 0 fully saturated rings. The van der Waals surface area contributed by atoms with Gasteiger partial charge >= 0.3 is 6.18 Å². The molecule has 1 atom stereocenters. The summed E-state index contributed by atoms with van der Waals surface area (Å²) >= 11 is 0. The SMILES string of the molecule is CNC(=O)c1ccc(NCC(O)c2cccc(C(F)(F)F)c2)nn1. The van der Waals surface area contributed by atoms with E-state index >= 15 is 0 Å². The van der Waals surface area contributed by atoms with E-state index in [-0.39, 0.29) is 23.6 Å². The van der Waals surface area contributed by atoms with Gasteiger partial charge in [0.15, 0.2) is 5.69 Å². The molecule has 3 N–H and O–H groups in total. The number of nitrogens with one attached hydrogen (secondary N) is 2. The van der Waals surface area contributed by atoms with Crippen LogP contribution in [-0.4, -0.2) is 34.8 Å². The molecular formula is C15H15F3N4O2. The minimum Gasteiger partial charge on any atom is -0.387 e. The number of anilines is 1. The first-order chi connectivity index (χ1) is 11.3. The molecule has 0 aliphatic heterocycles. The summed E-state index contributed by atoms with van der Waals surface area (Å²) in [4.78, 5) is 11.3. The van der Waals surface area contributed by atoms with Gasteiger partial charge in [0.25, 0.3) is 5.91 Å². The number of rotatable bonds is 5. The Labute approximate surface area is 135 Å². The van der Waals surface area contributed by atoms with Crippen molar-refractivity contribution in [3.63, 3.8) is 0 Å². The summed E-state index contributed by atoms with van der Waals surface area (Å²) in [5, 5.41) is 22.6. The van der Waals surface area contributed by atoms with Gasteiger partial charge < -0.3 is 15.7 Å². The maximum absolute atomic E-state index is 12.7. The molecular weight excluding hydrogens is 325 g/mol. The Balaban J connectivity index is 2.00. The highest BCUT2D eigenvalue weighted by Crippen LogP contribution is 2.30. The van der Waals surface area contributed by atoms with Crippen LogP contribution in [0, 0.1) is 0 Å². The molecule has 1 heterocycles. The van der Waals surface area contributed by atoms with Gasteiger partial charge in [-0.1, -0.05) is 12.1 Å². The van der Waals surface area contributed by atoms with E-state index in [1.165, 1.54) is 31.3 Å². The first-order valence-corrected chi connectivity index (χ1v) is 6.96. The van der Waals surface area contributed by atoms with Gasteiger partial charge in [0, 0.05) is 13.6 Å². The number of carbonyl (C=O) groups is 1. The second kappa shape index (κ2) is 7.26. The fraction of sp³-hybridized carbons (Fsp3) is 0.267. The van der Waals surface area contributed by atoms with Crippen LogP contribution in [0.25, 0.3) is 0 Å². The zero-order valence-electron chi connectivity index (χ0n) is 12.6. The summed E-state index contributed by atoms with van der Waals surface area (Å²) < 4.78 is 38.0.